The molecule has 138 valence electrons. The molecular formula is C20H35NO2S. The minimum atomic E-state index is -0.0837. The first kappa shape index (κ1) is 18.6. The Morgan fingerprint density at radius 2 is 1.67 bits per heavy atom. The summed E-state index contributed by atoms with van der Waals surface area (Å²) in [6.07, 6.45) is 10.5. The molecule has 3 saturated carbocycles. The molecule has 1 amide bonds. The standard InChI is InChI=1S/C19H31NO2.CH4S/c1-18-11-9-17(22)20(3)15(18)6-4-12-13-5-7-16(21)19(13,2)10-8-14(12)18;1-2/h12-16,21H,4-11H2,1-3H3;2H,1H3. The first-order valence-electron chi connectivity index (χ1n) is 9.76. The van der Waals surface area contributed by atoms with E-state index < -0.39 is 0 Å². The highest BCUT2D eigenvalue weighted by molar-refractivity contribution is 7.79. The van der Waals surface area contributed by atoms with Gasteiger partial charge in [0.15, 0.2) is 0 Å². The van der Waals surface area contributed by atoms with Crippen molar-refractivity contribution in [2.75, 3.05) is 13.3 Å². The van der Waals surface area contributed by atoms with E-state index in [4.69, 9.17) is 0 Å². The van der Waals surface area contributed by atoms with Crippen LogP contribution in [0.2, 0.25) is 0 Å². The molecule has 7 unspecified atom stereocenters. The van der Waals surface area contributed by atoms with Crippen LogP contribution in [-0.4, -0.2) is 41.4 Å². The van der Waals surface area contributed by atoms with E-state index in [2.05, 4.69) is 31.4 Å². The lowest BCUT2D eigenvalue weighted by Gasteiger charge is -2.61. The number of piperidine rings is 1. The Hall–Kier alpha value is -0.220. The fourth-order valence-corrected chi connectivity index (χ4v) is 7.12. The van der Waals surface area contributed by atoms with E-state index in [0.717, 1.165) is 31.1 Å². The summed E-state index contributed by atoms with van der Waals surface area (Å²) in [6.45, 7) is 4.81. The number of carbonyl (C=O) groups is 1. The van der Waals surface area contributed by atoms with Gasteiger partial charge in [0.05, 0.1) is 6.10 Å². The maximum absolute atomic E-state index is 12.1. The van der Waals surface area contributed by atoms with Gasteiger partial charge in [0.25, 0.3) is 0 Å². The second-order valence-corrected chi connectivity index (χ2v) is 9.12. The normalized spacial score (nSPS) is 50.3. The third-order valence-corrected chi connectivity index (χ3v) is 8.51. The van der Waals surface area contributed by atoms with Gasteiger partial charge in [-0.1, -0.05) is 13.8 Å². The van der Waals surface area contributed by atoms with Gasteiger partial charge in [0.1, 0.15) is 0 Å². The van der Waals surface area contributed by atoms with Gasteiger partial charge in [-0.05, 0) is 79.8 Å². The monoisotopic (exact) mass is 353 g/mol. The molecular weight excluding hydrogens is 318 g/mol. The number of aliphatic hydroxyl groups excluding tert-OH is 1. The average molecular weight is 354 g/mol. The van der Waals surface area contributed by atoms with Crippen molar-refractivity contribution in [3.63, 3.8) is 0 Å². The molecule has 0 radical (unpaired) electrons. The molecule has 4 heteroatoms. The van der Waals surface area contributed by atoms with Crippen molar-refractivity contribution in [3.8, 4) is 0 Å². The van der Waals surface area contributed by atoms with Crippen LogP contribution in [0.1, 0.15) is 65.2 Å². The molecule has 0 bridgehead atoms. The molecule has 24 heavy (non-hydrogen) atoms. The number of rotatable bonds is 0. The molecule has 3 aliphatic carbocycles. The van der Waals surface area contributed by atoms with Gasteiger partial charge in [0, 0.05) is 19.5 Å². The van der Waals surface area contributed by atoms with Crippen molar-refractivity contribution >= 4 is 18.5 Å². The third-order valence-electron chi connectivity index (χ3n) is 8.51. The number of nitrogens with zero attached hydrogens (tertiary/aromatic N) is 1. The van der Waals surface area contributed by atoms with Crippen LogP contribution in [0.3, 0.4) is 0 Å². The highest BCUT2D eigenvalue weighted by atomic mass is 32.1. The van der Waals surface area contributed by atoms with Crippen LogP contribution in [0.25, 0.3) is 0 Å². The minimum Gasteiger partial charge on any atom is -0.393 e. The quantitative estimate of drug-likeness (QED) is 0.651. The highest BCUT2D eigenvalue weighted by Crippen LogP contribution is 2.64. The molecule has 4 rings (SSSR count). The van der Waals surface area contributed by atoms with Crippen molar-refractivity contribution in [2.24, 2.45) is 28.6 Å². The van der Waals surface area contributed by atoms with Crippen LogP contribution < -0.4 is 0 Å². The van der Waals surface area contributed by atoms with Crippen LogP contribution in [0, 0.1) is 28.6 Å². The topological polar surface area (TPSA) is 40.5 Å². The zero-order valence-electron chi connectivity index (χ0n) is 15.8. The van der Waals surface area contributed by atoms with Gasteiger partial charge in [-0.25, -0.2) is 0 Å². The summed E-state index contributed by atoms with van der Waals surface area (Å²) in [7, 11) is 2.02. The van der Waals surface area contributed by atoms with E-state index in [-0.39, 0.29) is 11.5 Å². The summed E-state index contributed by atoms with van der Waals surface area (Å²) < 4.78 is 0. The second kappa shape index (κ2) is 6.50. The zero-order valence-corrected chi connectivity index (χ0v) is 16.7. The lowest BCUT2D eigenvalue weighted by Crippen LogP contribution is -2.61. The largest absolute Gasteiger partial charge is 0.393 e. The fourth-order valence-electron chi connectivity index (χ4n) is 7.12. The van der Waals surface area contributed by atoms with E-state index in [1.807, 2.05) is 7.05 Å². The lowest BCUT2D eigenvalue weighted by molar-refractivity contribution is -0.159. The number of likely N-dealkylation sites (tertiary alicyclic amines) is 1. The molecule has 0 spiro atoms. The predicted molar refractivity (Wildman–Crippen MR) is 101 cm³/mol. The number of aliphatic hydroxyl groups is 1. The van der Waals surface area contributed by atoms with Crippen LogP contribution in [-0.2, 0) is 4.79 Å². The van der Waals surface area contributed by atoms with E-state index >= 15 is 0 Å². The van der Waals surface area contributed by atoms with Crippen LogP contribution >= 0.6 is 12.6 Å². The van der Waals surface area contributed by atoms with E-state index in [1.165, 1.54) is 32.1 Å². The average Bonchev–Trinajstić information content (AvgIpc) is 2.89. The summed E-state index contributed by atoms with van der Waals surface area (Å²) in [6, 6.07) is 0.450. The van der Waals surface area contributed by atoms with Gasteiger partial charge in [0.2, 0.25) is 5.91 Å². The number of carbonyl (C=O) groups excluding carboxylic acids is 1. The summed E-state index contributed by atoms with van der Waals surface area (Å²) >= 11 is 3.53. The molecule has 0 aromatic carbocycles. The summed E-state index contributed by atoms with van der Waals surface area (Å²) in [5.74, 6) is 2.59. The maximum atomic E-state index is 12.1. The Bertz CT molecular complexity index is 498. The number of amides is 1. The molecule has 1 aliphatic heterocycles. The van der Waals surface area contributed by atoms with Crippen molar-refractivity contribution in [1.29, 1.82) is 0 Å². The Morgan fingerprint density at radius 1 is 1.00 bits per heavy atom. The first-order chi connectivity index (χ1) is 11.4. The molecule has 0 aromatic rings. The highest BCUT2D eigenvalue weighted by Gasteiger charge is 2.60. The van der Waals surface area contributed by atoms with Crippen molar-refractivity contribution < 1.29 is 9.90 Å². The molecule has 1 saturated heterocycles. The summed E-state index contributed by atoms with van der Waals surface area (Å²) in [5.41, 5.74) is 0.473. The molecule has 4 fully saturated rings. The number of hydrogen-bond acceptors (Lipinski definition) is 3. The Morgan fingerprint density at radius 3 is 2.38 bits per heavy atom. The first-order valence-corrected chi connectivity index (χ1v) is 10.7. The number of hydrogen-bond donors (Lipinski definition) is 2. The molecule has 0 aromatic heterocycles. The molecule has 7 atom stereocenters. The lowest BCUT2D eigenvalue weighted by atomic mass is 9.47. The fraction of sp³-hybridized carbons (Fsp3) is 0.950. The van der Waals surface area contributed by atoms with Gasteiger partial charge in [-0.15, -0.1) is 0 Å². The predicted octanol–water partition coefficient (Wildman–Crippen LogP) is 3.76. The van der Waals surface area contributed by atoms with Gasteiger partial charge in [-0.3, -0.25) is 4.79 Å². The smallest absolute Gasteiger partial charge is 0.222 e. The Kier molecular flexibility index (Phi) is 5.03. The molecule has 3 nitrogen and oxygen atoms in total. The Balaban J connectivity index is 0.000000815. The third kappa shape index (κ3) is 2.46. The maximum Gasteiger partial charge on any atom is 0.222 e. The van der Waals surface area contributed by atoms with Crippen molar-refractivity contribution in [1.82, 2.24) is 4.90 Å². The van der Waals surface area contributed by atoms with Crippen LogP contribution in [0.5, 0.6) is 0 Å². The summed E-state index contributed by atoms with van der Waals surface area (Å²) in [5, 5.41) is 10.5. The molecule has 1 N–H and O–H groups in total. The van der Waals surface area contributed by atoms with Crippen molar-refractivity contribution in [3.05, 3.63) is 0 Å². The SMILES string of the molecule is CN1C(=O)CCC2(C)C3CCC4(C)C(O)CCC4C3CCC12.CS. The van der Waals surface area contributed by atoms with Crippen LogP contribution in [0.15, 0.2) is 0 Å². The summed E-state index contributed by atoms with van der Waals surface area (Å²) in [4.78, 5) is 14.2. The number of thiol groups is 1. The minimum absolute atomic E-state index is 0.0837. The van der Waals surface area contributed by atoms with E-state index in [0.29, 0.717) is 23.3 Å². The van der Waals surface area contributed by atoms with Gasteiger partial charge < -0.3 is 10.0 Å². The number of fused-ring (bicyclic) bond motifs is 5. The molecule has 1 heterocycles. The molecule has 4 aliphatic rings. The van der Waals surface area contributed by atoms with Gasteiger partial charge in [-0.2, -0.15) is 12.6 Å². The van der Waals surface area contributed by atoms with Crippen molar-refractivity contribution in [2.45, 2.75) is 77.4 Å². The zero-order chi connectivity index (χ0) is 17.7. The Labute approximate surface area is 153 Å². The van der Waals surface area contributed by atoms with Gasteiger partial charge >= 0.3 is 0 Å². The van der Waals surface area contributed by atoms with E-state index in [1.54, 1.807) is 6.26 Å². The van der Waals surface area contributed by atoms with Crippen LogP contribution in [0.4, 0.5) is 0 Å². The van der Waals surface area contributed by atoms with E-state index in [9.17, 15) is 9.90 Å². The second-order valence-electron chi connectivity index (χ2n) is 9.12.